The molecular weight excluding hydrogens is 290 g/mol. The first-order valence-corrected chi connectivity index (χ1v) is 8.08. The molecule has 2 N–H and O–H groups in total. The second-order valence-corrected chi connectivity index (χ2v) is 7.16. The Morgan fingerprint density at radius 3 is 2.22 bits per heavy atom. The first kappa shape index (κ1) is 19.3. The molecule has 5 heteroatoms. The highest BCUT2D eigenvalue weighted by Crippen LogP contribution is 2.18. The number of carbonyl (C=O) groups excluding carboxylic acids is 1. The first-order chi connectivity index (χ1) is 10.6. The number of benzene rings is 1. The van der Waals surface area contributed by atoms with Gasteiger partial charge >= 0.3 is 6.09 Å². The van der Waals surface area contributed by atoms with Gasteiger partial charge in [-0.3, -0.25) is 0 Å². The van der Waals surface area contributed by atoms with Crippen molar-refractivity contribution in [1.82, 2.24) is 10.6 Å². The second-order valence-electron chi connectivity index (χ2n) is 7.16. The van der Waals surface area contributed by atoms with Crippen LogP contribution < -0.4 is 15.5 Å². The van der Waals surface area contributed by atoms with E-state index in [1.165, 1.54) is 11.3 Å². The van der Waals surface area contributed by atoms with Gasteiger partial charge in [0.25, 0.3) is 0 Å². The smallest absolute Gasteiger partial charge is 0.407 e. The fourth-order valence-electron chi connectivity index (χ4n) is 2.19. The van der Waals surface area contributed by atoms with Gasteiger partial charge in [-0.15, -0.1) is 0 Å². The number of hydrogen-bond donors (Lipinski definition) is 2. The summed E-state index contributed by atoms with van der Waals surface area (Å²) in [5, 5.41) is 6.27. The van der Waals surface area contributed by atoms with Crippen LogP contribution in [-0.4, -0.2) is 38.4 Å². The maximum atomic E-state index is 11.7. The molecule has 5 nitrogen and oxygen atoms in total. The van der Waals surface area contributed by atoms with Crippen molar-refractivity contribution in [2.75, 3.05) is 25.5 Å². The third-order valence-electron chi connectivity index (χ3n) is 3.40. The molecular formula is C18H31N3O2. The number of carbonyl (C=O) groups is 1. The summed E-state index contributed by atoms with van der Waals surface area (Å²) in [7, 11) is 4.06. The molecule has 0 bridgehead atoms. The van der Waals surface area contributed by atoms with Crippen LogP contribution in [0.2, 0.25) is 0 Å². The average Bonchev–Trinajstić information content (AvgIpc) is 2.43. The maximum Gasteiger partial charge on any atom is 0.407 e. The third-order valence-corrected chi connectivity index (χ3v) is 3.40. The van der Waals surface area contributed by atoms with E-state index in [2.05, 4.69) is 46.7 Å². The Bertz CT molecular complexity index is 492. The van der Waals surface area contributed by atoms with Crippen LogP contribution in [0.25, 0.3) is 0 Å². The highest BCUT2D eigenvalue weighted by atomic mass is 16.6. The lowest BCUT2D eigenvalue weighted by Gasteiger charge is -2.23. The number of amides is 1. The van der Waals surface area contributed by atoms with Crippen LogP contribution in [0.1, 0.15) is 46.2 Å². The highest BCUT2D eigenvalue weighted by Gasteiger charge is 2.17. The number of rotatable bonds is 6. The molecule has 2 atom stereocenters. The standard InChI is InChI=1S/C18H31N3O2/c1-13(12-19-17(22)23-18(3,4)5)20-14(2)15-8-10-16(11-9-15)21(6)7/h8-11,13-14,20H,12H2,1-7H3,(H,19,22). The van der Waals surface area contributed by atoms with E-state index in [4.69, 9.17) is 4.74 Å². The maximum absolute atomic E-state index is 11.7. The summed E-state index contributed by atoms with van der Waals surface area (Å²) in [6.45, 7) is 10.3. The van der Waals surface area contributed by atoms with E-state index < -0.39 is 5.60 Å². The normalized spacial score (nSPS) is 14.0. The van der Waals surface area contributed by atoms with Gasteiger partial charge < -0.3 is 20.3 Å². The van der Waals surface area contributed by atoms with Crippen molar-refractivity contribution in [1.29, 1.82) is 0 Å². The zero-order valence-electron chi connectivity index (χ0n) is 15.4. The quantitative estimate of drug-likeness (QED) is 0.844. The van der Waals surface area contributed by atoms with E-state index in [0.717, 1.165) is 0 Å². The van der Waals surface area contributed by atoms with Crippen molar-refractivity contribution in [2.24, 2.45) is 0 Å². The summed E-state index contributed by atoms with van der Waals surface area (Å²) in [5.41, 5.74) is 1.93. The van der Waals surface area contributed by atoms with Crippen LogP contribution in [0.15, 0.2) is 24.3 Å². The monoisotopic (exact) mass is 321 g/mol. The molecule has 1 rings (SSSR count). The summed E-state index contributed by atoms with van der Waals surface area (Å²) in [6.07, 6.45) is -0.380. The zero-order valence-corrected chi connectivity index (χ0v) is 15.4. The van der Waals surface area contributed by atoms with Gasteiger partial charge in [0.2, 0.25) is 0 Å². The molecule has 1 aromatic carbocycles. The molecule has 2 unspecified atom stereocenters. The molecule has 130 valence electrons. The predicted octanol–water partition coefficient (Wildman–Crippen LogP) is 3.32. The Labute approximate surface area is 140 Å². The van der Waals surface area contributed by atoms with Crippen LogP contribution >= 0.6 is 0 Å². The minimum Gasteiger partial charge on any atom is -0.444 e. The summed E-state index contributed by atoms with van der Waals surface area (Å²) < 4.78 is 5.23. The zero-order chi connectivity index (χ0) is 17.6. The lowest BCUT2D eigenvalue weighted by atomic mass is 10.1. The van der Waals surface area contributed by atoms with Gasteiger partial charge in [0.05, 0.1) is 0 Å². The van der Waals surface area contributed by atoms with Gasteiger partial charge in [-0.1, -0.05) is 12.1 Å². The molecule has 0 aliphatic carbocycles. The molecule has 0 spiro atoms. The number of alkyl carbamates (subject to hydrolysis) is 1. The molecule has 0 heterocycles. The van der Waals surface area contributed by atoms with Gasteiger partial charge in [0.1, 0.15) is 5.60 Å². The summed E-state index contributed by atoms with van der Waals surface area (Å²) in [4.78, 5) is 13.7. The van der Waals surface area contributed by atoms with Crippen molar-refractivity contribution >= 4 is 11.8 Å². The van der Waals surface area contributed by atoms with E-state index in [1.54, 1.807) is 0 Å². The van der Waals surface area contributed by atoms with Crippen molar-refractivity contribution in [3.05, 3.63) is 29.8 Å². The molecule has 1 aromatic rings. The van der Waals surface area contributed by atoms with Gasteiger partial charge in [-0.2, -0.15) is 0 Å². The van der Waals surface area contributed by atoms with E-state index >= 15 is 0 Å². The van der Waals surface area contributed by atoms with Gasteiger partial charge in [0.15, 0.2) is 0 Å². The van der Waals surface area contributed by atoms with E-state index in [-0.39, 0.29) is 18.2 Å². The van der Waals surface area contributed by atoms with Crippen LogP contribution in [-0.2, 0) is 4.74 Å². The van der Waals surface area contributed by atoms with Crippen LogP contribution in [0.3, 0.4) is 0 Å². The number of nitrogens with one attached hydrogen (secondary N) is 2. The topological polar surface area (TPSA) is 53.6 Å². The Balaban J connectivity index is 2.44. The van der Waals surface area contributed by atoms with Gasteiger partial charge in [-0.05, 0) is 52.3 Å². The number of anilines is 1. The van der Waals surface area contributed by atoms with Crippen LogP contribution in [0, 0.1) is 0 Å². The van der Waals surface area contributed by atoms with Crippen molar-refractivity contribution in [3.8, 4) is 0 Å². The Morgan fingerprint density at radius 1 is 1.17 bits per heavy atom. The molecule has 0 saturated carbocycles. The van der Waals surface area contributed by atoms with Gasteiger partial charge in [0, 0.05) is 38.4 Å². The molecule has 23 heavy (non-hydrogen) atoms. The van der Waals surface area contributed by atoms with Crippen molar-refractivity contribution < 1.29 is 9.53 Å². The minimum atomic E-state index is -0.470. The molecule has 0 fully saturated rings. The fraction of sp³-hybridized carbons (Fsp3) is 0.611. The molecule has 0 aliphatic rings. The Hall–Kier alpha value is -1.75. The average molecular weight is 321 g/mol. The predicted molar refractivity (Wildman–Crippen MR) is 96.0 cm³/mol. The second kappa shape index (κ2) is 8.20. The first-order valence-electron chi connectivity index (χ1n) is 8.08. The number of nitrogens with zero attached hydrogens (tertiary/aromatic N) is 1. The van der Waals surface area contributed by atoms with Crippen molar-refractivity contribution in [2.45, 2.75) is 52.3 Å². The lowest BCUT2D eigenvalue weighted by molar-refractivity contribution is 0.0522. The number of hydrogen-bond acceptors (Lipinski definition) is 4. The van der Waals surface area contributed by atoms with E-state index in [9.17, 15) is 4.79 Å². The molecule has 0 aliphatic heterocycles. The lowest BCUT2D eigenvalue weighted by Crippen LogP contribution is -2.41. The van der Waals surface area contributed by atoms with Crippen LogP contribution in [0.4, 0.5) is 10.5 Å². The molecule has 1 amide bonds. The van der Waals surface area contributed by atoms with E-state index in [0.29, 0.717) is 6.54 Å². The molecule has 0 aromatic heterocycles. The van der Waals surface area contributed by atoms with E-state index in [1.807, 2.05) is 41.8 Å². The SMILES string of the molecule is CC(CNC(=O)OC(C)(C)C)NC(C)c1ccc(N(C)C)cc1. The molecule has 0 radical (unpaired) electrons. The third kappa shape index (κ3) is 7.37. The Morgan fingerprint density at radius 2 is 1.74 bits per heavy atom. The minimum absolute atomic E-state index is 0.144. The van der Waals surface area contributed by atoms with Gasteiger partial charge in [-0.25, -0.2) is 4.79 Å². The van der Waals surface area contributed by atoms with Crippen LogP contribution in [0.5, 0.6) is 0 Å². The van der Waals surface area contributed by atoms with Crippen molar-refractivity contribution in [3.63, 3.8) is 0 Å². The largest absolute Gasteiger partial charge is 0.444 e. The highest BCUT2D eigenvalue weighted by molar-refractivity contribution is 5.67. The number of ether oxygens (including phenoxy) is 1. The Kier molecular flexibility index (Phi) is 6.88. The summed E-state index contributed by atoms with van der Waals surface area (Å²) in [5.74, 6) is 0. The summed E-state index contributed by atoms with van der Waals surface area (Å²) >= 11 is 0. The molecule has 0 saturated heterocycles. The summed E-state index contributed by atoms with van der Waals surface area (Å²) in [6, 6.07) is 8.82. The fourth-order valence-corrected chi connectivity index (χ4v) is 2.19.